The summed E-state index contributed by atoms with van der Waals surface area (Å²) in [7, 11) is 0. The molecule has 2 nitrogen and oxygen atoms in total. The van der Waals surface area contributed by atoms with Gasteiger partial charge in [-0.25, -0.2) is 0 Å². The molecule has 0 aliphatic rings. The summed E-state index contributed by atoms with van der Waals surface area (Å²) >= 11 is 0. The molecule has 0 heterocycles. The Balaban J connectivity index is 1.34. The van der Waals surface area contributed by atoms with Crippen LogP contribution in [-0.4, -0.2) is 19.3 Å². The molecule has 0 saturated carbocycles. The third-order valence-electron chi connectivity index (χ3n) is 7.32. The van der Waals surface area contributed by atoms with Gasteiger partial charge in [0.25, 0.3) is 0 Å². The van der Waals surface area contributed by atoms with Crippen LogP contribution in [0, 0.1) is 5.41 Å². The quantitative estimate of drug-likeness (QED) is 0.135. The second-order valence-electron chi connectivity index (χ2n) is 12.4. The minimum absolute atomic E-state index is 0.162. The summed E-state index contributed by atoms with van der Waals surface area (Å²) in [5.74, 6) is 0. The highest BCUT2D eigenvalue weighted by molar-refractivity contribution is 5.14. The SMILES string of the molecule is CC(C)(C)CC(COCCCCCCCCCCCCCCCCc1ccccc1)OCc1ccccc1. The van der Waals surface area contributed by atoms with Crippen LogP contribution in [0.4, 0.5) is 0 Å². The molecular weight excluding hydrogens is 464 g/mol. The van der Waals surface area contributed by atoms with E-state index in [-0.39, 0.29) is 11.5 Å². The predicted molar refractivity (Wildman–Crippen MR) is 165 cm³/mol. The zero-order valence-corrected chi connectivity index (χ0v) is 25.1. The van der Waals surface area contributed by atoms with Gasteiger partial charge in [-0.05, 0) is 42.2 Å². The van der Waals surface area contributed by atoms with Gasteiger partial charge in [0.15, 0.2) is 0 Å². The van der Waals surface area contributed by atoms with Crippen molar-refractivity contribution in [1.82, 2.24) is 0 Å². The van der Waals surface area contributed by atoms with Crippen molar-refractivity contribution in [3.63, 3.8) is 0 Å². The summed E-state index contributed by atoms with van der Waals surface area (Å²) in [5, 5.41) is 0. The molecule has 2 aromatic rings. The fourth-order valence-corrected chi connectivity index (χ4v) is 5.15. The van der Waals surface area contributed by atoms with Gasteiger partial charge >= 0.3 is 0 Å². The molecule has 2 heteroatoms. The molecule has 1 unspecified atom stereocenters. The fourth-order valence-electron chi connectivity index (χ4n) is 5.15. The molecule has 0 aliphatic heterocycles. The predicted octanol–water partition coefficient (Wildman–Crippen LogP) is 10.7. The van der Waals surface area contributed by atoms with Crippen molar-refractivity contribution in [2.75, 3.05) is 13.2 Å². The normalized spacial score (nSPS) is 12.6. The summed E-state index contributed by atoms with van der Waals surface area (Å²) in [6.45, 7) is 9.07. The van der Waals surface area contributed by atoms with Crippen molar-refractivity contribution in [2.45, 2.75) is 136 Å². The van der Waals surface area contributed by atoms with Crippen molar-refractivity contribution in [3.05, 3.63) is 71.8 Å². The molecule has 0 amide bonds. The summed E-state index contributed by atoms with van der Waals surface area (Å²) in [6, 6.07) is 21.4. The van der Waals surface area contributed by atoms with Gasteiger partial charge in [0.1, 0.15) is 0 Å². The van der Waals surface area contributed by atoms with Crippen molar-refractivity contribution in [1.29, 1.82) is 0 Å². The van der Waals surface area contributed by atoms with Crippen LogP contribution in [0.1, 0.15) is 128 Å². The minimum atomic E-state index is 0.162. The maximum atomic E-state index is 6.22. The molecule has 1 atom stereocenters. The highest BCUT2D eigenvalue weighted by Crippen LogP contribution is 2.23. The molecule has 0 fully saturated rings. The summed E-state index contributed by atoms with van der Waals surface area (Å²) in [4.78, 5) is 0. The molecular formula is C36H58O2. The van der Waals surface area contributed by atoms with E-state index in [1.54, 1.807) is 0 Å². The van der Waals surface area contributed by atoms with E-state index in [2.05, 4.69) is 81.4 Å². The first-order chi connectivity index (χ1) is 18.5. The van der Waals surface area contributed by atoms with Crippen molar-refractivity contribution in [2.24, 2.45) is 5.41 Å². The number of aryl methyl sites for hydroxylation is 1. The van der Waals surface area contributed by atoms with Crippen LogP contribution in [0.15, 0.2) is 60.7 Å². The molecule has 0 saturated heterocycles. The van der Waals surface area contributed by atoms with E-state index in [9.17, 15) is 0 Å². The Morgan fingerprint density at radius 2 is 1.00 bits per heavy atom. The molecule has 2 aromatic carbocycles. The van der Waals surface area contributed by atoms with Crippen molar-refractivity contribution in [3.8, 4) is 0 Å². The second-order valence-corrected chi connectivity index (χ2v) is 12.4. The summed E-state index contributed by atoms with van der Waals surface area (Å²) in [6.07, 6.45) is 21.7. The Morgan fingerprint density at radius 1 is 0.553 bits per heavy atom. The molecule has 38 heavy (non-hydrogen) atoms. The van der Waals surface area contributed by atoms with Crippen LogP contribution in [-0.2, 0) is 22.5 Å². The first-order valence-electron chi connectivity index (χ1n) is 15.8. The smallest absolute Gasteiger partial charge is 0.0818 e. The zero-order valence-electron chi connectivity index (χ0n) is 25.1. The monoisotopic (exact) mass is 522 g/mol. The van der Waals surface area contributed by atoms with Gasteiger partial charge in [-0.15, -0.1) is 0 Å². The van der Waals surface area contributed by atoms with Gasteiger partial charge in [0, 0.05) is 6.61 Å². The van der Waals surface area contributed by atoms with Gasteiger partial charge in [0.2, 0.25) is 0 Å². The van der Waals surface area contributed by atoms with Gasteiger partial charge in [-0.1, -0.05) is 158 Å². The first-order valence-corrected chi connectivity index (χ1v) is 15.8. The van der Waals surface area contributed by atoms with E-state index in [0.29, 0.717) is 13.2 Å². The van der Waals surface area contributed by atoms with Crippen LogP contribution in [0.25, 0.3) is 0 Å². The van der Waals surface area contributed by atoms with E-state index in [0.717, 1.165) is 13.0 Å². The third-order valence-corrected chi connectivity index (χ3v) is 7.32. The van der Waals surface area contributed by atoms with Crippen LogP contribution in [0.3, 0.4) is 0 Å². The molecule has 214 valence electrons. The Hall–Kier alpha value is -1.64. The van der Waals surface area contributed by atoms with E-state index < -0.39 is 0 Å². The number of unbranched alkanes of at least 4 members (excludes halogenated alkanes) is 13. The Kier molecular flexibility index (Phi) is 18.2. The summed E-state index contributed by atoms with van der Waals surface area (Å²) < 4.78 is 12.3. The average Bonchev–Trinajstić information content (AvgIpc) is 2.91. The van der Waals surface area contributed by atoms with E-state index in [1.807, 2.05) is 0 Å². The zero-order chi connectivity index (χ0) is 27.2. The van der Waals surface area contributed by atoms with E-state index in [1.165, 1.54) is 107 Å². The number of ether oxygens (including phenoxy) is 2. The lowest BCUT2D eigenvalue weighted by Gasteiger charge is -2.26. The van der Waals surface area contributed by atoms with Crippen LogP contribution >= 0.6 is 0 Å². The van der Waals surface area contributed by atoms with E-state index >= 15 is 0 Å². The van der Waals surface area contributed by atoms with Crippen LogP contribution in [0.5, 0.6) is 0 Å². The Labute approximate surface area is 235 Å². The average molecular weight is 523 g/mol. The number of hydrogen-bond acceptors (Lipinski definition) is 2. The molecule has 0 spiro atoms. The van der Waals surface area contributed by atoms with Crippen LogP contribution < -0.4 is 0 Å². The lowest BCUT2D eigenvalue weighted by Crippen LogP contribution is -2.26. The van der Waals surface area contributed by atoms with Crippen LogP contribution in [0.2, 0.25) is 0 Å². The lowest BCUT2D eigenvalue weighted by atomic mass is 9.89. The van der Waals surface area contributed by atoms with Crippen molar-refractivity contribution < 1.29 is 9.47 Å². The third kappa shape index (κ3) is 18.6. The second kappa shape index (κ2) is 21.2. The summed E-state index contributed by atoms with van der Waals surface area (Å²) in [5.41, 5.74) is 2.97. The van der Waals surface area contributed by atoms with Gasteiger partial charge in [-0.2, -0.15) is 0 Å². The first kappa shape index (κ1) is 32.6. The van der Waals surface area contributed by atoms with Gasteiger partial charge in [-0.3, -0.25) is 0 Å². The highest BCUT2D eigenvalue weighted by Gasteiger charge is 2.19. The molecule has 0 bridgehead atoms. The standard InChI is InChI=1S/C36H58O2/c1-36(2,3)30-35(38-31-34-27-21-17-22-28-34)32-37-29-23-15-13-11-9-7-5-4-6-8-10-12-14-18-24-33-25-19-16-20-26-33/h16-17,19-22,25-28,35H,4-15,18,23-24,29-32H2,1-3H3. The number of benzene rings is 2. The topological polar surface area (TPSA) is 18.5 Å². The molecule has 0 N–H and O–H groups in total. The highest BCUT2D eigenvalue weighted by atomic mass is 16.5. The maximum absolute atomic E-state index is 6.22. The minimum Gasteiger partial charge on any atom is -0.379 e. The molecule has 2 rings (SSSR count). The Morgan fingerprint density at radius 3 is 1.50 bits per heavy atom. The Bertz CT molecular complexity index is 765. The molecule has 0 aliphatic carbocycles. The molecule has 0 radical (unpaired) electrons. The van der Waals surface area contributed by atoms with E-state index in [4.69, 9.17) is 9.47 Å². The maximum Gasteiger partial charge on any atom is 0.0818 e. The lowest BCUT2D eigenvalue weighted by molar-refractivity contribution is -0.0430. The molecule has 0 aromatic heterocycles. The number of hydrogen-bond donors (Lipinski definition) is 0. The van der Waals surface area contributed by atoms with Gasteiger partial charge < -0.3 is 9.47 Å². The van der Waals surface area contributed by atoms with Crippen molar-refractivity contribution >= 4 is 0 Å². The fraction of sp³-hybridized carbons (Fsp3) is 0.667. The van der Waals surface area contributed by atoms with Gasteiger partial charge in [0.05, 0.1) is 19.3 Å². The number of rotatable bonds is 23. The largest absolute Gasteiger partial charge is 0.379 e.